The van der Waals surface area contributed by atoms with Crippen molar-refractivity contribution in [3.05, 3.63) is 34.4 Å². The van der Waals surface area contributed by atoms with Gasteiger partial charge in [-0.3, -0.25) is 10.1 Å². The van der Waals surface area contributed by atoms with Gasteiger partial charge in [0.1, 0.15) is 5.69 Å². The lowest BCUT2D eigenvalue weighted by molar-refractivity contribution is -0.384. The van der Waals surface area contributed by atoms with Crippen LogP contribution in [-0.4, -0.2) is 24.1 Å². The molecule has 1 fully saturated rings. The smallest absolute Gasteiger partial charge is 0.292 e. The Bertz CT molecular complexity index is 389. The first-order valence-electron chi connectivity index (χ1n) is 5.98. The van der Waals surface area contributed by atoms with Crippen molar-refractivity contribution in [1.82, 2.24) is 5.32 Å². The molecule has 1 heterocycles. The van der Waals surface area contributed by atoms with Gasteiger partial charge in [-0.15, -0.1) is 0 Å². The second-order valence-corrected chi connectivity index (χ2v) is 4.28. The normalized spacial score (nSPS) is 19.2. The minimum absolute atomic E-state index is 0.145. The van der Waals surface area contributed by atoms with Crippen LogP contribution in [0, 0.1) is 10.1 Å². The standard InChI is InChI=1S/C12H17N3O2/c16-15(17)12-6-2-1-5-11(12)14-9-7-10-4-3-8-13-10/h1-2,5-6,10,13-14H,3-4,7-9H2/t10-/m0/s1. The van der Waals surface area contributed by atoms with Crippen LogP contribution in [0.5, 0.6) is 0 Å². The van der Waals surface area contributed by atoms with Crippen molar-refractivity contribution in [2.75, 3.05) is 18.4 Å². The van der Waals surface area contributed by atoms with E-state index in [2.05, 4.69) is 10.6 Å². The zero-order valence-electron chi connectivity index (χ0n) is 9.69. The molecule has 92 valence electrons. The van der Waals surface area contributed by atoms with Crippen LogP contribution in [0.4, 0.5) is 11.4 Å². The topological polar surface area (TPSA) is 67.2 Å². The highest BCUT2D eigenvalue weighted by atomic mass is 16.6. The van der Waals surface area contributed by atoms with E-state index in [1.807, 2.05) is 6.07 Å². The van der Waals surface area contributed by atoms with Gasteiger partial charge in [-0.1, -0.05) is 12.1 Å². The molecule has 5 heteroatoms. The summed E-state index contributed by atoms with van der Waals surface area (Å²) in [6.45, 7) is 1.86. The Morgan fingerprint density at radius 2 is 2.29 bits per heavy atom. The molecule has 1 aromatic carbocycles. The Balaban J connectivity index is 1.87. The molecule has 0 saturated carbocycles. The molecule has 0 spiro atoms. The minimum Gasteiger partial charge on any atom is -0.379 e. The molecule has 0 amide bonds. The van der Waals surface area contributed by atoms with Gasteiger partial charge in [-0.05, 0) is 31.9 Å². The summed E-state index contributed by atoms with van der Waals surface area (Å²) in [6, 6.07) is 7.33. The van der Waals surface area contributed by atoms with E-state index in [9.17, 15) is 10.1 Å². The number of nitrogens with zero attached hydrogens (tertiary/aromatic N) is 1. The molecule has 0 bridgehead atoms. The molecular weight excluding hydrogens is 218 g/mol. The van der Waals surface area contributed by atoms with Crippen LogP contribution >= 0.6 is 0 Å². The summed E-state index contributed by atoms with van der Waals surface area (Å²) in [5.74, 6) is 0. The molecule has 0 aromatic heterocycles. The molecule has 5 nitrogen and oxygen atoms in total. The number of nitro groups is 1. The van der Waals surface area contributed by atoms with Crippen LogP contribution < -0.4 is 10.6 Å². The van der Waals surface area contributed by atoms with E-state index in [1.165, 1.54) is 18.9 Å². The maximum Gasteiger partial charge on any atom is 0.292 e. The average Bonchev–Trinajstić information content (AvgIpc) is 2.82. The van der Waals surface area contributed by atoms with Crippen molar-refractivity contribution in [2.45, 2.75) is 25.3 Å². The third-order valence-corrected chi connectivity index (χ3v) is 3.07. The first-order chi connectivity index (χ1) is 8.27. The molecule has 0 radical (unpaired) electrons. The second-order valence-electron chi connectivity index (χ2n) is 4.28. The van der Waals surface area contributed by atoms with Gasteiger partial charge in [0.15, 0.2) is 0 Å². The number of nitro benzene ring substituents is 1. The fourth-order valence-corrected chi connectivity index (χ4v) is 2.17. The summed E-state index contributed by atoms with van der Waals surface area (Å²) in [6.07, 6.45) is 3.45. The average molecular weight is 235 g/mol. The van der Waals surface area contributed by atoms with E-state index in [4.69, 9.17) is 0 Å². The monoisotopic (exact) mass is 235 g/mol. The van der Waals surface area contributed by atoms with Crippen LogP contribution in [0.1, 0.15) is 19.3 Å². The SMILES string of the molecule is O=[N+]([O-])c1ccccc1NCC[C@@H]1CCCN1. The molecule has 1 saturated heterocycles. The van der Waals surface area contributed by atoms with Gasteiger partial charge >= 0.3 is 0 Å². The molecule has 2 N–H and O–H groups in total. The van der Waals surface area contributed by atoms with Crippen LogP contribution in [0.2, 0.25) is 0 Å². The van der Waals surface area contributed by atoms with Gasteiger partial charge in [0, 0.05) is 18.7 Å². The Morgan fingerprint density at radius 1 is 1.47 bits per heavy atom. The van der Waals surface area contributed by atoms with E-state index < -0.39 is 0 Å². The maximum atomic E-state index is 10.8. The summed E-state index contributed by atoms with van der Waals surface area (Å²) >= 11 is 0. The molecule has 1 aliphatic rings. The van der Waals surface area contributed by atoms with Crippen molar-refractivity contribution < 1.29 is 4.92 Å². The van der Waals surface area contributed by atoms with Crippen molar-refractivity contribution in [2.24, 2.45) is 0 Å². The van der Waals surface area contributed by atoms with Crippen molar-refractivity contribution in [3.8, 4) is 0 Å². The molecule has 0 aliphatic carbocycles. The number of hydrogen-bond acceptors (Lipinski definition) is 4. The molecule has 2 rings (SSSR count). The van der Waals surface area contributed by atoms with E-state index >= 15 is 0 Å². The van der Waals surface area contributed by atoms with Gasteiger partial charge in [-0.25, -0.2) is 0 Å². The van der Waals surface area contributed by atoms with Crippen LogP contribution in [0.3, 0.4) is 0 Å². The number of rotatable bonds is 5. The number of hydrogen-bond donors (Lipinski definition) is 2. The highest BCUT2D eigenvalue weighted by Gasteiger charge is 2.15. The van der Waals surface area contributed by atoms with Gasteiger partial charge in [0.05, 0.1) is 4.92 Å². The Hall–Kier alpha value is -1.62. The third kappa shape index (κ3) is 3.17. The van der Waals surface area contributed by atoms with E-state index in [0.717, 1.165) is 19.5 Å². The lowest BCUT2D eigenvalue weighted by Crippen LogP contribution is -2.24. The van der Waals surface area contributed by atoms with Gasteiger partial charge in [-0.2, -0.15) is 0 Å². The summed E-state index contributed by atoms with van der Waals surface area (Å²) in [5, 5.41) is 17.3. The van der Waals surface area contributed by atoms with E-state index in [0.29, 0.717) is 11.7 Å². The Labute approximate surface area is 100 Å². The van der Waals surface area contributed by atoms with Crippen LogP contribution in [-0.2, 0) is 0 Å². The first kappa shape index (κ1) is 11.9. The molecule has 1 atom stereocenters. The number of anilines is 1. The summed E-state index contributed by atoms with van der Waals surface area (Å²) in [7, 11) is 0. The molecule has 1 aromatic rings. The minimum atomic E-state index is -0.351. The largest absolute Gasteiger partial charge is 0.379 e. The Kier molecular flexibility index (Phi) is 3.93. The number of para-hydroxylation sites is 2. The first-order valence-corrected chi connectivity index (χ1v) is 5.98. The zero-order valence-corrected chi connectivity index (χ0v) is 9.69. The van der Waals surface area contributed by atoms with Crippen molar-refractivity contribution >= 4 is 11.4 Å². The van der Waals surface area contributed by atoms with Crippen LogP contribution in [0.25, 0.3) is 0 Å². The van der Waals surface area contributed by atoms with Crippen LogP contribution in [0.15, 0.2) is 24.3 Å². The van der Waals surface area contributed by atoms with E-state index in [-0.39, 0.29) is 10.6 Å². The summed E-state index contributed by atoms with van der Waals surface area (Å²) in [5.41, 5.74) is 0.752. The number of nitrogens with one attached hydrogen (secondary N) is 2. The molecule has 0 unspecified atom stereocenters. The molecule has 17 heavy (non-hydrogen) atoms. The molecular formula is C12H17N3O2. The highest BCUT2D eigenvalue weighted by molar-refractivity contribution is 5.60. The number of benzene rings is 1. The van der Waals surface area contributed by atoms with Gasteiger partial charge in [0.2, 0.25) is 0 Å². The van der Waals surface area contributed by atoms with Crippen molar-refractivity contribution in [3.63, 3.8) is 0 Å². The highest BCUT2D eigenvalue weighted by Crippen LogP contribution is 2.23. The lowest BCUT2D eigenvalue weighted by Gasteiger charge is -2.11. The third-order valence-electron chi connectivity index (χ3n) is 3.07. The quantitative estimate of drug-likeness (QED) is 0.606. The van der Waals surface area contributed by atoms with E-state index in [1.54, 1.807) is 12.1 Å². The predicted octanol–water partition coefficient (Wildman–Crippen LogP) is 2.15. The summed E-state index contributed by atoms with van der Waals surface area (Å²) in [4.78, 5) is 10.4. The van der Waals surface area contributed by atoms with Crippen molar-refractivity contribution in [1.29, 1.82) is 0 Å². The zero-order chi connectivity index (χ0) is 12.1. The van der Waals surface area contributed by atoms with Gasteiger partial charge in [0.25, 0.3) is 5.69 Å². The fourth-order valence-electron chi connectivity index (χ4n) is 2.17. The van der Waals surface area contributed by atoms with Gasteiger partial charge < -0.3 is 10.6 Å². The lowest BCUT2D eigenvalue weighted by atomic mass is 10.1. The predicted molar refractivity (Wildman–Crippen MR) is 67.2 cm³/mol. The summed E-state index contributed by atoms with van der Waals surface area (Å²) < 4.78 is 0. The second kappa shape index (κ2) is 5.63. The Morgan fingerprint density at radius 3 is 3.00 bits per heavy atom. The fraction of sp³-hybridized carbons (Fsp3) is 0.500. The maximum absolute atomic E-state index is 10.8. The molecule has 1 aliphatic heterocycles.